The third-order valence-electron chi connectivity index (χ3n) is 6.06. The van der Waals surface area contributed by atoms with Crippen molar-refractivity contribution in [3.63, 3.8) is 0 Å². The molecule has 0 saturated heterocycles. The van der Waals surface area contributed by atoms with Crippen molar-refractivity contribution in [2.24, 2.45) is 0 Å². The second-order valence-electron chi connectivity index (χ2n) is 8.75. The third kappa shape index (κ3) is 3.87. The number of allylic oxidation sites excluding steroid dienone is 4. The van der Waals surface area contributed by atoms with E-state index in [1.54, 1.807) is 0 Å². The summed E-state index contributed by atoms with van der Waals surface area (Å²) in [5.74, 6) is 0. The number of nitrogens with zero attached hydrogens (tertiary/aromatic N) is 2. The van der Waals surface area contributed by atoms with Gasteiger partial charge in [0, 0.05) is 36.9 Å². The molecule has 4 rings (SSSR count). The van der Waals surface area contributed by atoms with Gasteiger partial charge in [0.25, 0.3) is 0 Å². The fourth-order valence-electron chi connectivity index (χ4n) is 5.00. The largest absolute Gasteiger partial charge is 0.344 e. The SMILES string of the molecule is Cc1cc(C)c(N2C=CC(C3=CCN(c4c(C)cc(C)cc4C)C=C3)=CC2)c(C)c1. The van der Waals surface area contributed by atoms with Crippen LogP contribution < -0.4 is 9.80 Å². The van der Waals surface area contributed by atoms with E-state index in [0.29, 0.717) is 0 Å². The fraction of sp³-hybridized carbons (Fsp3) is 0.286. The lowest BCUT2D eigenvalue weighted by Crippen LogP contribution is -2.23. The van der Waals surface area contributed by atoms with Crippen molar-refractivity contribution < 1.29 is 0 Å². The Morgan fingerprint density at radius 1 is 0.533 bits per heavy atom. The molecule has 0 amide bonds. The maximum Gasteiger partial charge on any atom is 0.0468 e. The topological polar surface area (TPSA) is 6.48 Å². The summed E-state index contributed by atoms with van der Waals surface area (Å²) >= 11 is 0. The molecule has 0 N–H and O–H groups in total. The zero-order chi connectivity index (χ0) is 21.4. The Balaban J connectivity index is 1.49. The zero-order valence-corrected chi connectivity index (χ0v) is 19.1. The Bertz CT molecular complexity index is 976. The summed E-state index contributed by atoms with van der Waals surface area (Å²) in [6.45, 7) is 15.0. The van der Waals surface area contributed by atoms with E-state index in [1.807, 2.05) is 0 Å². The van der Waals surface area contributed by atoms with Gasteiger partial charge in [-0.3, -0.25) is 0 Å². The molecule has 0 fully saturated rings. The van der Waals surface area contributed by atoms with E-state index in [0.717, 1.165) is 13.1 Å². The molecule has 2 nitrogen and oxygen atoms in total. The van der Waals surface area contributed by atoms with E-state index in [2.05, 4.69) is 112 Å². The molecule has 2 heterocycles. The zero-order valence-electron chi connectivity index (χ0n) is 19.1. The molecule has 2 heteroatoms. The van der Waals surface area contributed by atoms with E-state index in [-0.39, 0.29) is 0 Å². The summed E-state index contributed by atoms with van der Waals surface area (Å²) in [5.41, 5.74) is 13.3. The highest BCUT2D eigenvalue weighted by Gasteiger charge is 2.16. The standard InChI is InChI=1S/C28H32N2/c1-19-15-21(3)27(22(4)16-19)29-11-7-25(8-12-29)26-9-13-30(14-10-26)28-23(5)17-20(2)18-24(28)6/h7-11,13,15-18H,12,14H2,1-6H3. The van der Waals surface area contributed by atoms with Gasteiger partial charge in [-0.15, -0.1) is 0 Å². The van der Waals surface area contributed by atoms with Crippen molar-refractivity contribution in [1.82, 2.24) is 0 Å². The van der Waals surface area contributed by atoms with Crippen LogP contribution in [0, 0.1) is 41.5 Å². The van der Waals surface area contributed by atoms with Crippen LogP contribution in [0.3, 0.4) is 0 Å². The number of anilines is 2. The first kappa shape index (κ1) is 20.3. The minimum absolute atomic E-state index is 0.904. The van der Waals surface area contributed by atoms with E-state index >= 15 is 0 Å². The van der Waals surface area contributed by atoms with Crippen molar-refractivity contribution in [3.8, 4) is 0 Å². The van der Waals surface area contributed by atoms with Crippen LogP contribution in [0.15, 0.2) is 72.1 Å². The Morgan fingerprint density at radius 3 is 1.13 bits per heavy atom. The van der Waals surface area contributed by atoms with Crippen molar-refractivity contribution >= 4 is 11.4 Å². The van der Waals surface area contributed by atoms with Gasteiger partial charge in [0.1, 0.15) is 0 Å². The van der Waals surface area contributed by atoms with E-state index in [1.165, 1.54) is 55.9 Å². The average molecular weight is 397 g/mol. The minimum atomic E-state index is 0.904. The molecule has 0 spiro atoms. The van der Waals surface area contributed by atoms with E-state index < -0.39 is 0 Å². The molecule has 2 aromatic rings. The Labute approximate surface area is 181 Å². The van der Waals surface area contributed by atoms with Crippen molar-refractivity contribution in [1.29, 1.82) is 0 Å². The summed E-state index contributed by atoms with van der Waals surface area (Å²) < 4.78 is 0. The molecule has 2 aliphatic heterocycles. The molecule has 0 bridgehead atoms. The Kier molecular flexibility index (Phi) is 5.42. The molecule has 154 valence electrons. The van der Waals surface area contributed by atoms with Crippen LogP contribution in [0.2, 0.25) is 0 Å². The van der Waals surface area contributed by atoms with Crippen LogP contribution in [0.5, 0.6) is 0 Å². The van der Waals surface area contributed by atoms with Crippen LogP contribution >= 0.6 is 0 Å². The monoisotopic (exact) mass is 396 g/mol. The number of hydrogen-bond donors (Lipinski definition) is 0. The van der Waals surface area contributed by atoms with Crippen LogP contribution in [-0.2, 0) is 0 Å². The molecular formula is C28H32N2. The highest BCUT2D eigenvalue weighted by Crippen LogP contribution is 2.32. The molecule has 2 aromatic carbocycles. The van der Waals surface area contributed by atoms with Gasteiger partial charge in [-0.2, -0.15) is 0 Å². The number of benzene rings is 2. The molecule has 30 heavy (non-hydrogen) atoms. The summed E-state index contributed by atoms with van der Waals surface area (Å²) in [6, 6.07) is 9.08. The van der Waals surface area contributed by atoms with Gasteiger partial charge >= 0.3 is 0 Å². The van der Waals surface area contributed by atoms with Crippen molar-refractivity contribution in [2.45, 2.75) is 41.5 Å². The summed E-state index contributed by atoms with van der Waals surface area (Å²) in [7, 11) is 0. The molecule has 0 aromatic heterocycles. The van der Waals surface area contributed by atoms with Gasteiger partial charge in [-0.05, 0) is 87.1 Å². The van der Waals surface area contributed by atoms with Crippen molar-refractivity contribution in [3.05, 3.63) is 105 Å². The number of rotatable bonds is 3. The minimum Gasteiger partial charge on any atom is -0.344 e. The maximum atomic E-state index is 2.35. The summed E-state index contributed by atoms with van der Waals surface area (Å²) in [4.78, 5) is 4.71. The van der Waals surface area contributed by atoms with Crippen LogP contribution in [0.25, 0.3) is 0 Å². The van der Waals surface area contributed by atoms with Gasteiger partial charge in [0.2, 0.25) is 0 Å². The summed E-state index contributed by atoms with van der Waals surface area (Å²) in [6.07, 6.45) is 13.6. The predicted octanol–water partition coefficient (Wildman–Crippen LogP) is 6.76. The molecule has 2 aliphatic rings. The molecule has 0 aliphatic carbocycles. The lowest BCUT2D eigenvalue weighted by Gasteiger charge is -2.29. The van der Waals surface area contributed by atoms with Gasteiger partial charge < -0.3 is 9.80 Å². The highest BCUT2D eigenvalue weighted by molar-refractivity contribution is 5.67. The first-order valence-electron chi connectivity index (χ1n) is 10.8. The highest BCUT2D eigenvalue weighted by atomic mass is 15.1. The fourth-order valence-corrected chi connectivity index (χ4v) is 5.00. The van der Waals surface area contributed by atoms with Gasteiger partial charge in [-0.1, -0.05) is 47.5 Å². The first-order chi connectivity index (χ1) is 14.3. The average Bonchev–Trinajstić information content (AvgIpc) is 2.67. The number of aryl methyl sites for hydroxylation is 6. The Morgan fingerprint density at radius 2 is 0.867 bits per heavy atom. The molecule has 0 radical (unpaired) electrons. The normalized spacial score (nSPS) is 16.1. The molecular weight excluding hydrogens is 364 g/mol. The smallest absolute Gasteiger partial charge is 0.0468 e. The third-order valence-corrected chi connectivity index (χ3v) is 6.06. The van der Waals surface area contributed by atoms with Gasteiger partial charge in [0.05, 0.1) is 0 Å². The number of hydrogen-bond acceptors (Lipinski definition) is 2. The van der Waals surface area contributed by atoms with E-state index in [4.69, 9.17) is 0 Å². The van der Waals surface area contributed by atoms with E-state index in [9.17, 15) is 0 Å². The van der Waals surface area contributed by atoms with Crippen LogP contribution in [0.1, 0.15) is 33.4 Å². The lowest BCUT2D eigenvalue weighted by molar-refractivity contribution is 1.02. The Hall–Kier alpha value is -3.00. The summed E-state index contributed by atoms with van der Waals surface area (Å²) in [5, 5.41) is 0. The first-order valence-corrected chi connectivity index (χ1v) is 10.8. The van der Waals surface area contributed by atoms with Gasteiger partial charge in [-0.25, -0.2) is 0 Å². The van der Waals surface area contributed by atoms with Crippen LogP contribution in [-0.4, -0.2) is 13.1 Å². The van der Waals surface area contributed by atoms with Crippen molar-refractivity contribution in [2.75, 3.05) is 22.9 Å². The molecule has 0 saturated carbocycles. The predicted molar refractivity (Wildman–Crippen MR) is 130 cm³/mol. The second-order valence-corrected chi connectivity index (χ2v) is 8.75. The maximum absolute atomic E-state index is 2.35. The second kappa shape index (κ2) is 8.02. The quantitative estimate of drug-likeness (QED) is 0.566. The molecule has 0 atom stereocenters. The molecule has 0 unspecified atom stereocenters. The van der Waals surface area contributed by atoms with Gasteiger partial charge in [0.15, 0.2) is 0 Å². The van der Waals surface area contributed by atoms with Crippen LogP contribution in [0.4, 0.5) is 11.4 Å². The lowest BCUT2D eigenvalue weighted by atomic mass is 9.98.